The SMILES string of the molecule is CCCCC(=O)NCCCNCc1ccc(-c2c3ncn(CC4(O)CCN(C(=O)CC(C)c5ccccc5)CC4)c(=O)c3nn2C)cc1. The fraction of sp³-hybridized carbons (Fsp3) is 0.486. The molecule has 1 aliphatic rings. The molecule has 2 amide bonds. The van der Waals surface area contributed by atoms with Crippen molar-refractivity contribution in [3.63, 3.8) is 0 Å². The number of hydrogen-bond acceptors (Lipinski definition) is 7. The lowest BCUT2D eigenvalue weighted by Gasteiger charge is -2.38. The van der Waals surface area contributed by atoms with Crippen LogP contribution >= 0.6 is 0 Å². The number of carbonyl (C=O) groups excluding carboxylic acids is 2. The van der Waals surface area contributed by atoms with Crippen LogP contribution in [0.2, 0.25) is 0 Å². The quantitative estimate of drug-likeness (QED) is 0.164. The minimum Gasteiger partial charge on any atom is -0.388 e. The normalized spacial score (nSPS) is 15.0. The third kappa shape index (κ3) is 8.76. The van der Waals surface area contributed by atoms with Gasteiger partial charge in [-0.3, -0.25) is 23.6 Å². The summed E-state index contributed by atoms with van der Waals surface area (Å²) < 4.78 is 3.13. The number of fused-ring (bicyclic) bond motifs is 1. The summed E-state index contributed by atoms with van der Waals surface area (Å²) in [5.74, 6) is 0.320. The second-order valence-corrected chi connectivity index (χ2v) is 13.1. The number of hydrogen-bond donors (Lipinski definition) is 3. The maximum atomic E-state index is 13.5. The Labute approximate surface area is 282 Å². The zero-order chi connectivity index (χ0) is 34.1. The van der Waals surface area contributed by atoms with Crippen LogP contribution in [0.4, 0.5) is 0 Å². The zero-order valence-electron chi connectivity index (χ0n) is 28.5. The largest absolute Gasteiger partial charge is 0.388 e. The van der Waals surface area contributed by atoms with Crippen LogP contribution in [-0.4, -0.2) is 72.9 Å². The van der Waals surface area contributed by atoms with Crippen molar-refractivity contribution in [2.45, 2.75) is 83.4 Å². The van der Waals surface area contributed by atoms with Crippen LogP contribution in [0.1, 0.15) is 75.8 Å². The molecule has 11 nitrogen and oxygen atoms in total. The summed E-state index contributed by atoms with van der Waals surface area (Å²) in [5, 5.41) is 22.3. The van der Waals surface area contributed by atoms with Gasteiger partial charge in [-0.05, 0) is 49.3 Å². The van der Waals surface area contributed by atoms with Crippen LogP contribution in [0.25, 0.3) is 22.3 Å². The average molecular weight is 656 g/mol. The molecule has 1 aliphatic heterocycles. The van der Waals surface area contributed by atoms with Crippen LogP contribution in [0.5, 0.6) is 0 Å². The number of nitrogens with one attached hydrogen (secondary N) is 2. The van der Waals surface area contributed by atoms with Gasteiger partial charge in [0.05, 0.1) is 24.2 Å². The van der Waals surface area contributed by atoms with E-state index in [2.05, 4.69) is 34.6 Å². The van der Waals surface area contributed by atoms with E-state index in [0.29, 0.717) is 57.4 Å². The Morgan fingerprint density at radius 1 is 1.00 bits per heavy atom. The maximum Gasteiger partial charge on any atom is 0.281 e. The number of nitrogens with zero attached hydrogens (tertiary/aromatic N) is 5. The van der Waals surface area contributed by atoms with Crippen molar-refractivity contribution >= 4 is 22.8 Å². The van der Waals surface area contributed by atoms with Gasteiger partial charge < -0.3 is 20.6 Å². The molecule has 0 spiro atoms. The van der Waals surface area contributed by atoms with Gasteiger partial charge in [0.2, 0.25) is 11.8 Å². The highest BCUT2D eigenvalue weighted by Gasteiger charge is 2.35. The van der Waals surface area contributed by atoms with Gasteiger partial charge in [0.25, 0.3) is 5.56 Å². The van der Waals surface area contributed by atoms with Gasteiger partial charge in [0, 0.05) is 51.6 Å². The molecule has 0 bridgehead atoms. The summed E-state index contributed by atoms with van der Waals surface area (Å²) in [7, 11) is 1.80. The smallest absolute Gasteiger partial charge is 0.281 e. The topological polar surface area (TPSA) is 134 Å². The van der Waals surface area contributed by atoms with Gasteiger partial charge in [-0.2, -0.15) is 5.10 Å². The molecule has 3 N–H and O–H groups in total. The molecular formula is C37H49N7O4. The molecular weight excluding hydrogens is 606 g/mol. The van der Waals surface area contributed by atoms with Gasteiger partial charge in [0.15, 0.2) is 5.52 Å². The minimum absolute atomic E-state index is 0.0822. The van der Waals surface area contributed by atoms with E-state index >= 15 is 0 Å². The van der Waals surface area contributed by atoms with E-state index in [0.717, 1.165) is 48.2 Å². The van der Waals surface area contributed by atoms with E-state index in [1.54, 1.807) is 11.7 Å². The number of carbonyl (C=O) groups is 2. The highest BCUT2D eigenvalue weighted by atomic mass is 16.3. The molecule has 2 aromatic heterocycles. The van der Waals surface area contributed by atoms with E-state index in [1.807, 2.05) is 59.5 Å². The molecule has 11 heteroatoms. The number of unbranched alkanes of at least 4 members (excludes halogenated alkanes) is 1. The first kappa shape index (κ1) is 35.0. The van der Waals surface area contributed by atoms with Crippen molar-refractivity contribution in [3.05, 3.63) is 82.4 Å². The highest BCUT2D eigenvalue weighted by molar-refractivity contribution is 5.89. The standard InChI is InChI=1S/C37H49N7O4/c1-4-5-12-31(45)39-20-9-19-38-24-28-13-15-30(16-14-28)35-33-34(41-42(35)3)36(47)44(26-40-33)25-37(48)17-21-43(22-18-37)32(46)23-27(2)29-10-7-6-8-11-29/h6-8,10-11,13-16,26-27,38,48H,4-5,9,12,17-25H2,1-3H3,(H,39,45). The van der Waals surface area contributed by atoms with Gasteiger partial charge in [-0.25, -0.2) is 4.98 Å². The predicted molar refractivity (Wildman–Crippen MR) is 187 cm³/mol. The maximum absolute atomic E-state index is 13.5. The number of likely N-dealkylation sites (tertiary alicyclic amines) is 1. The molecule has 3 heterocycles. The lowest BCUT2D eigenvalue weighted by molar-refractivity contribution is -0.136. The first-order valence-corrected chi connectivity index (χ1v) is 17.2. The number of benzene rings is 2. The third-order valence-electron chi connectivity index (χ3n) is 9.34. The van der Waals surface area contributed by atoms with Crippen molar-refractivity contribution in [1.82, 2.24) is 34.9 Å². The van der Waals surface area contributed by atoms with E-state index in [9.17, 15) is 19.5 Å². The Bertz CT molecular complexity index is 1720. The van der Waals surface area contributed by atoms with Crippen LogP contribution in [0.15, 0.2) is 65.7 Å². The predicted octanol–water partition coefficient (Wildman–Crippen LogP) is 4.13. The molecule has 0 saturated carbocycles. The number of aliphatic hydroxyl groups is 1. The Hall–Kier alpha value is -4.35. The second-order valence-electron chi connectivity index (χ2n) is 13.1. The molecule has 4 aromatic rings. The first-order chi connectivity index (χ1) is 23.2. The van der Waals surface area contributed by atoms with Crippen molar-refractivity contribution < 1.29 is 14.7 Å². The molecule has 48 heavy (non-hydrogen) atoms. The van der Waals surface area contributed by atoms with Crippen molar-refractivity contribution in [2.24, 2.45) is 7.05 Å². The number of rotatable bonds is 15. The minimum atomic E-state index is -1.12. The Balaban J connectivity index is 1.15. The Kier molecular flexibility index (Phi) is 11.8. The van der Waals surface area contributed by atoms with E-state index in [1.165, 1.54) is 10.9 Å². The molecule has 1 atom stereocenters. The Morgan fingerprint density at radius 3 is 2.44 bits per heavy atom. The van der Waals surface area contributed by atoms with Crippen molar-refractivity contribution in [2.75, 3.05) is 26.2 Å². The van der Waals surface area contributed by atoms with Crippen LogP contribution < -0.4 is 16.2 Å². The first-order valence-electron chi connectivity index (χ1n) is 17.2. The van der Waals surface area contributed by atoms with Crippen LogP contribution in [0.3, 0.4) is 0 Å². The molecule has 256 valence electrons. The van der Waals surface area contributed by atoms with E-state index in [-0.39, 0.29) is 35.4 Å². The summed E-state index contributed by atoms with van der Waals surface area (Å²) in [6.07, 6.45) is 6.09. The van der Waals surface area contributed by atoms with Crippen molar-refractivity contribution in [3.8, 4) is 11.3 Å². The highest BCUT2D eigenvalue weighted by Crippen LogP contribution is 2.28. The number of piperidine rings is 1. The van der Waals surface area contributed by atoms with E-state index in [4.69, 9.17) is 0 Å². The van der Waals surface area contributed by atoms with E-state index < -0.39 is 5.60 Å². The number of aromatic nitrogens is 4. The fourth-order valence-electron chi connectivity index (χ4n) is 6.35. The number of aryl methyl sites for hydroxylation is 1. The molecule has 5 rings (SSSR count). The lowest BCUT2D eigenvalue weighted by atomic mass is 9.90. The fourth-order valence-corrected chi connectivity index (χ4v) is 6.35. The summed E-state index contributed by atoms with van der Waals surface area (Å²) in [6, 6.07) is 18.1. The summed E-state index contributed by atoms with van der Waals surface area (Å²) in [6.45, 7) is 7.30. The summed E-state index contributed by atoms with van der Waals surface area (Å²) in [5.41, 5.74) is 3.28. The average Bonchev–Trinajstić information content (AvgIpc) is 3.43. The van der Waals surface area contributed by atoms with Gasteiger partial charge in [-0.1, -0.05) is 74.9 Å². The third-order valence-corrected chi connectivity index (χ3v) is 9.34. The molecule has 1 unspecified atom stereocenters. The molecule has 1 saturated heterocycles. The van der Waals surface area contributed by atoms with Gasteiger partial charge in [0.1, 0.15) is 5.52 Å². The van der Waals surface area contributed by atoms with Crippen LogP contribution in [0, 0.1) is 0 Å². The number of amides is 2. The molecule has 1 fully saturated rings. The second kappa shape index (κ2) is 16.2. The molecule has 2 aromatic carbocycles. The monoisotopic (exact) mass is 655 g/mol. The molecule has 0 radical (unpaired) electrons. The van der Waals surface area contributed by atoms with Crippen LogP contribution in [-0.2, 0) is 29.7 Å². The van der Waals surface area contributed by atoms with Gasteiger partial charge in [-0.15, -0.1) is 0 Å². The van der Waals surface area contributed by atoms with Gasteiger partial charge >= 0.3 is 0 Å². The van der Waals surface area contributed by atoms with Crippen molar-refractivity contribution in [1.29, 1.82) is 0 Å². The Morgan fingerprint density at radius 2 is 1.73 bits per heavy atom. The summed E-state index contributed by atoms with van der Waals surface area (Å²) in [4.78, 5) is 44.7. The zero-order valence-corrected chi connectivity index (χ0v) is 28.5. The molecule has 0 aliphatic carbocycles. The summed E-state index contributed by atoms with van der Waals surface area (Å²) >= 11 is 0. The lowest BCUT2D eigenvalue weighted by Crippen LogP contribution is -2.49.